The quantitative estimate of drug-likeness (QED) is 0.709. The van der Waals surface area contributed by atoms with Gasteiger partial charge in [-0.2, -0.15) is 0 Å². The summed E-state index contributed by atoms with van der Waals surface area (Å²) in [6, 6.07) is 6.01. The van der Waals surface area contributed by atoms with Crippen molar-refractivity contribution in [1.29, 1.82) is 0 Å². The molecule has 21 heavy (non-hydrogen) atoms. The molecular formula is C15H17N5S. The molecule has 0 aliphatic carbocycles. The van der Waals surface area contributed by atoms with Gasteiger partial charge in [-0.3, -0.25) is 9.97 Å². The van der Waals surface area contributed by atoms with E-state index in [4.69, 9.17) is 0 Å². The molecule has 0 saturated heterocycles. The van der Waals surface area contributed by atoms with E-state index < -0.39 is 0 Å². The third-order valence-electron chi connectivity index (χ3n) is 3.13. The van der Waals surface area contributed by atoms with Crippen LogP contribution in [-0.4, -0.2) is 33.3 Å². The molecule has 3 rings (SSSR count). The Kier molecular flexibility index (Phi) is 4.47. The zero-order chi connectivity index (χ0) is 14.5. The highest BCUT2D eigenvalue weighted by atomic mass is 32.1. The second kappa shape index (κ2) is 6.69. The highest BCUT2D eigenvalue weighted by Gasteiger charge is 2.07. The third kappa shape index (κ3) is 3.40. The van der Waals surface area contributed by atoms with Crippen molar-refractivity contribution in [3.05, 3.63) is 35.6 Å². The largest absolute Gasteiger partial charge is 0.316 e. The van der Waals surface area contributed by atoms with Gasteiger partial charge in [0.15, 0.2) is 0 Å². The van der Waals surface area contributed by atoms with Crippen LogP contribution in [-0.2, 0) is 6.42 Å². The van der Waals surface area contributed by atoms with Gasteiger partial charge in [-0.1, -0.05) is 18.3 Å². The van der Waals surface area contributed by atoms with Gasteiger partial charge in [0.25, 0.3) is 0 Å². The zero-order valence-corrected chi connectivity index (χ0v) is 12.7. The molecule has 0 amide bonds. The highest BCUT2D eigenvalue weighted by Crippen LogP contribution is 2.25. The minimum atomic E-state index is 0.886. The van der Waals surface area contributed by atoms with Gasteiger partial charge < -0.3 is 5.32 Å². The normalized spacial score (nSPS) is 11.1. The molecular weight excluding hydrogens is 282 g/mol. The number of nitrogens with zero attached hydrogens (tertiary/aromatic N) is 4. The molecule has 1 N–H and O–H groups in total. The SMILES string of the molecule is CCCNCCc1nnc(-c2ccc3nccnc3c2)s1. The summed E-state index contributed by atoms with van der Waals surface area (Å²) in [4.78, 5) is 8.60. The average Bonchev–Trinajstić information content (AvgIpc) is 3.00. The van der Waals surface area contributed by atoms with Crippen molar-refractivity contribution in [1.82, 2.24) is 25.5 Å². The minimum absolute atomic E-state index is 0.886. The molecule has 2 heterocycles. The predicted molar refractivity (Wildman–Crippen MR) is 85.3 cm³/mol. The molecule has 0 bridgehead atoms. The summed E-state index contributed by atoms with van der Waals surface area (Å²) in [7, 11) is 0. The summed E-state index contributed by atoms with van der Waals surface area (Å²) >= 11 is 1.64. The highest BCUT2D eigenvalue weighted by molar-refractivity contribution is 7.14. The molecule has 0 radical (unpaired) electrons. The average molecular weight is 299 g/mol. The molecule has 0 aliphatic rings. The van der Waals surface area contributed by atoms with Gasteiger partial charge in [-0.25, -0.2) is 0 Å². The topological polar surface area (TPSA) is 63.6 Å². The van der Waals surface area contributed by atoms with E-state index in [0.717, 1.165) is 52.5 Å². The van der Waals surface area contributed by atoms with Gasteiger partial charge in [0, 0.05) is 30.9 Å². The van der Waals surface area contributed by atoms with E-state index in [-0.39, 0.29) is 0 Å². The van der Waals surface area contributed by atoms with Crippen molar-refractivity contribution < 1.29 is 0 Å². The molecule has 6 heteroatoms. The Morgan fingerprint density at radius 1 is 1.05 bits per heavy atom. The number of hydrogen-bond donors (Lipinski definition) is 1. The van der Waals surface area contributed by atoms with Gasteiger partial charge in [-0.05, 0) is 31.2 Å². The first kappa shape index (κ1) is 14.0. The Balaban J connectivity index is 1.75. The maximum absolute atomic E-state index is 4.33. The lowest BCUT2D eigenvalue weighted by molar-refractivity contribution is 0.668. The van der Waals surface area contributed by atoms with Crippen molar-refractivity contribution in [2.75, 3.05) is 13.1 Å². The molecule has 108 valence electrons. The Bertz CT molecular complexity index is 725. The van der Waals surface area contributed by atoms with Crippen LogP contribution in [0.4, 0.5) is 0 Å². The summed E-state index contributed by atoms with van der Waals surface area (Å²) in [5, 5.41) is 13.9. The zero-order valence-electron chi connectivity index (χ0n) is 11.9. The Morgan fingerprint density at radius 2 is 1.90 bits per heavy atom. The van der Waals surface area contributed by atoms with Gasteiger partial charge in [0.05, 0.1) is 11.0 Å². The second-order valence-electron chi connectivity index (χ2n) is 4.76. The van der Waals surface area contributed by atoms with Crippen LogP contribution in [0.3, 0.4) is 0 Å². The lowest BCUT2D eigenvalue weighted by Crippen LogP contribution is -2.17. The van der Waals surface area contributed by atoms with E-state index in [1.807, 2.05) is 18.2 Å². The van der Waals surface area contributed by atoms with Crippen molar-refractivity contribution >= 4 is 22.4 Å². The molecule has 0 unspecified atom stereocenters. The molecule has 0 aliphatic heterocycles. The first-order valence-corrected chi connectivity index (χ1v) is 7.92. The van der Waals surface area contributed by atoms with E-state index >= 15 is 0 Å². The molecule has 0 fully saturated rings. The van der Waals surface area contributed by atoms with Crippen molar-refractivity contribution in [3.8, 4) is 10.6 Å². The van der Waals surface area contributed by atoms with E-state index in [1.54, 1.807) is 23.7 Å². The van der Waals surface area contributed by atoms with Crippen LogP contribution in [0.2, 0.25) is 0 Å². The van der Waals surface area contributed by atoms with Crippen LogP contribution in [0.25, 0.3) is 21.6 Å². The molecule has 5 nitrogen and oxygen atoms in total. The molecule has 1 aromatic carbocycles. The van der Waals surface area contributed by atoms with E-state index in [0.29, 0.717) is 0 Å². The number of fused-ring (bicyclic) bond motifs is 1. The number of rotatable bonds is 6. The van der Waals surface area contributed by atoms with Crippen LogP contribution in [0, 0.1) is 0 Å². The van der Waals surface area contributed by atoms with Gasteiger partial charge >= 0.3 is 0 Å². The summed E-state index contributed by atoms with van der Waals surface area (Å²) in [6.45, 7) is 4.17. The standard InChI is InChI=1S/C15H17N5S/c1-2-6-16-7-5-14-19-20-15(21-14)11-3-4-12-13(10-11)18-9-8-17-12/h3-4,8-10,16H,2,5-7H2,1H3. The Hall–Kier alpha value is -1.92. The summed E-state index contributed by atoms with van der Waals surface area (Å²) in [6.07, 6.45) is 5.48. The predicted octanol–water partition coefficient (Wildman–Crippen LogP) is 2.69. The first-order valence-electron chi connectivity index (χ1n) is 7.11. The molecule has 2 aromatic heterocycles. The van der Waals surface area contributed by atoms with E-state index in [1.165, 1.54) is 0 Å². The van der Waals surface area contributed by atoms with Crippen LogP contribution >= 0.6 is 11.3 Å². The summed E-state index contributed by atoms with van der Waals surface area (Å²) < 4.78 is 0. The molecule has 0 atom stereocenters. The minimum Gasteiger partial charge on any atom is -0.316 e. The lowest BCUT2D eigenvalue weighted by atomic mass is 10.2. The van der Waals surface area contributed by atoms with Crippen LogP contribution in [0.5, 0.6) is 0 Å². The second-order valence-corrected chi connectivity index (χ2v) is 5.82. The van der Waals surface area contributed by atoms with Gasteiger partial charge in [0.1, 0.15) is 10.0 Å². The number of aromatic nitrogens is 4. The number of hydrogen-bond acceptors (Lipinski definition) is 6. The van der Waals surface area contributed by atoms with Crippen molar-refractivity contribution in [2.24, 2.45) is 0 Å². The fraction of sp³-hybridized carbons (Fsp3) is 0.333. The summed E-state index contributed by atoms with van der Waals surface area (Å²) in [5.74, 6) is 0. The Morgan fingerprint density at radius 3 is 2.76 bits per heavy atom. The first-order chi connectivity index (χ1) is 10.4. The third-order valence-corrected chi connectivity index (χ3v) is 4.16. The summed E-state index contributed by atoms with van der Waals surface area (Å²) in [5.41, 5.74) is 2.83. The van der Waals surface area contributed by atoms with Crippen molar-refractivity contribution in [2.45, 2.75) is 19.8 Å². The molecule has 0 spiro atoms. The van der Waals surface area contributed by atoms with Gasteiger partial charge in [-0.15, -0.1) is 10.2 Å². The Labute approximate surface area is 127 Å². The fourth-order valence-electron chi connectivity index (χ4n) is 2.06. The van der Waals surface area contributed by atoms with Crippen LogP contribution in [0.1, 0.15) is 18.4 Å². The fourth-order valence-corrected chi connectivity index (χ4v) is 2.90. The number of benzene rings is 1. The maximum atomic E-state index is 4.33. The molecule has 0 saturated carbocycles. The van der Waals surface area contributed by atoms with E-state index in [9.17, 15) is 0 Å². The van der Waals surface area contributed by atoms with Crippen LogP contribution < -0.4 is 5.32 Å². The monoisotopic (exact) mass is 299 g/mol. The van der Waals surface area contributed by atoms with Gasteiger partial charge in [0.2, 0.25) is 0 Å². The van der Waals surface area contributed by atoms with Crippen molar-refractivity contribution in [3.63, 3.8) is 0 Å². The maximum Gasteiger partial charge on any atom is 0.147 e. The smallest absolute Gasteiger partial charge is 0.147 e. The lowest BCUT2D eigenvalue weighted by Gasteiger charge is -1.99. The van der Waals surface area contributed by atoms with Crippen LogP contribution in [0.15, 0.2) is 30.6 Å². The molecule has 3 aromatic rings. The number of nitrogens with one attached hydrogen (secondary N) is 1. The van der Waals surface area contributed by atoms with E-state index in [2.05, 4.69) is 32.4 Å².